The van der Waals surface area contributed by atoms with Crippen LogP contribution in [-0.4, -0.2) is 0 Å². The van der Waals surface area contributed by atoms with Crippen molar-refractivity contribution in [1.29, 1.82) is 0 Å². The molecule has 0 nitrogen and oxygen atoms in total. The maximum absolute atomic E-state index is 2.99. The molecule has 0 aliphatic rings. The monoisotopic (exact) mass is 242 g/mol. The van der Waals surface area contributed by atoms with Crippen molar-refractivity contribution < 1.29 is 0 Å². The molecule has 0 aliphatic carbocycles. The van der Waals surface area contributed by atoms with E-state index in [4.69, 9.17) is 0 Å². The van der Waals surface area contributed by atoms with Crippen molar-refractivity contribution in [1.82, 2.24) is 0 Å². The molecular weight excluding hydrogens is 219 g/mol. The quantitative estimate of drug-likeness (QED) is 0.656. The molecule has 0 N–H and O–H groups in total. The van der Waals surface area contributed by atoms with E-state index in [2.05, 4.69) is 56.0 Å². The fourth-order valence-electron chi connectivity index (χ4n) is 1.36. The zero-order valence-corrected chi connectivity index (χ0v) is 12.5. The van der Waals surface area contributed by atoms with Crippen LogP contribution in [0.25, 0.3) is 0 Å². The van der Waals surface area contributed by atoms with Crippen molar-refractivity contribution >= 4 is 20.6 Å². The molecule has 15 heavy (non-hydrogen) atoms. The summed E-state index contributed by atoms with van der Waals surface area (Å²) in [5.74, 6) is 0. The lowest BCUT2D eigenvalue weighted by atomic mass is 9.89. The number of thiophene rings is 1. The maximum atomic E-state index is 2.99. The van der Waals surface area contributed by atoms with Gasteiger partial charge in [-0.3, -0.25) is 0 Å². The van der Waals surface area contributed by atoms with Gasteiger partial charge < -0.3 is 0 Å². The SMILES string of the molecule is CCC(C)(C)c1ccc(C(C)(P)CC)s1. The second-order valence-electron chi connectivity index (χ2n) is 5.17. The summed E-state index contributed by atoms with van der Waals surface area (Å²) in [6.45, 7) is 11.5. The van der Waals surface area contributed by atoms with Crippen LogP contribution < -0.4 is 0 Å². The molecule has 0 saturated carbocycles. The molecule has 1 aromatic rings. The van der Waals surface area contributed by atoms with Crippen molar-refractivity contribution in [3.05, 3.63) is 21.9 Å². The Morgan fingerprint density at radius 2 is 1.60 bits per heavy atom. The van der Waals surface area contributed by atoms with Gasteiger partial charge in [0.05, 0.1) is 0 Å². The van der Waals surface area contributed by atoms with Crippen LogP contribution in [0.4, 0.5) is 0 Å². The van der Waals surface area contributed by atoms with Gasteiger partial charge in [-0.05, 0) is 30.4 Å². The molecule has 0 aliphatic heterocycles. The molecule has 2 atom stereocenters. The third kappa shape index (κ3) is 2.82. The molecule has 0 radical (unpaired) electrons. The number of hydrogen-bond donors (Lipinski definition) is 0. The van der Waals surface area contributed by atoms with Gasteiger partial charge in [0.1, 0.15) is 0 Å². The minimum atomic E-state index is 0.257. The Morgan fingerprint density at radius 1 is 1.07 bits per heavy atom. The van der Waals surface area contributed by atoms with E-state index >= 15 is 0 Å². The van der Waals surface area contributed by atoms with Crippen LogP contribution >= 0.6 is 20.6 Å². The minimum Gasteiger partial charge on any atom is -0.144 e. The summed E-state index contributed by atoms with van der Waals surface area (Å²) in [7, 11) is 2.99. The van der Waals surface area contributed by atoms with Crippen LogP contribution in [0, 0.1) is 0 Å². The number of hydrogen-bond acceptors (Lipinski definition) is 1. The van der Waals surface area contributed by atoms with E-state index in [0.717, 1.165) is 0 Å². The van der Waals surface area contributed by atoms with Gasteiger partial charge in [0.15, 0.2) is 0 Å². The van der Waals surface area contributed by atoms with E-state index in [0.29, 0.717) is 5.41 Å². The van der Waals surface area contributed by atoms with Crippen molar-refractivity contribution in [3.8, 4) is 0 Å². The van der Waals surface area contributed by atoms with Gasteiger partial charge in [0, 0.05) is 14.9 Å². The predicted octanol–water partition coefficient (Wildman–Crippen LogP) is 4.94. The summed E-state index contributed by atoms with van der Waals surface area (Å²) in [6.07, 6.45) is 2.37. The highest BCUT2D eigenvalue weighted by Gasteiger charge is 2.25. The first-order valence-corrected chi connectivity index (χ1v) is 7.12. The second-order valence-corrected chi connectivity index (χ2v) is 7.53. The minimum absolute atomic E-state index is 0.257. The van der Waals surface area contributed by atoms with Crippen molar-refractivity contribution in [2.75, 3.05) is 0 Å². The van der Waals surface area contributed by atoms with Crippen LogP contribution in [-0.2, 0) is 10.6 Å². The molecule has 86 valence electrons. The Hall–Kier alpha value is 0.130. The van der Waals surface area contributed by atoms with Crippen LogP contribution in [0.5, 0.6) is 0 Å². The third-order valence-corrected chi connectivity index (χ3v) is 6.11. The molecule has 0 amide bonds. The average molecular weight is 242 g/mol. The van der Waals surface area contributed by atoms with E-state index in [1.165, 1.54) is 22.6 Å². The lowest BCUT2D eigenvalue weighted by molar-refractivity contribution is 0.517. The summed E-state index contributed by atoms with van der Waals surface area (Å²) in [4.78, 5) is 3.01. The first kappa shape index (κ1) is 13.2. The van der Waals surface area contributed by atoms with E-state index in [1.807, 2.05) is 11.3 Å². The predicted molar refractivity (Wildman–Crippen MR) is 75.0 cm³/mol. The number of rotatable bonds is 4. The zero-order valence-electron chi connectivity index (χ0n) is 10.6. The Morgan fingerprint density at radius 3 is 2.07 bits per heavy atom. The standard InChI is InChI=1S/C13H23PS/c1-6-12(3,4)10-8-9-11(15-10)13(5,14)7-2/h8-9H,6-7,14H2,1-5H3. The van der Waals surface area contributed by atoms with Gasteiger partial charge in [-0.1, -0.05) is 34.6 Å². The molecule has 1 aromatic heterocycles. The van der Waals surface area contributed by atoms with Gasteiger partial charge in [0.25, 0.3) is 0 Å². The summed E-state index contributed by atoms with van der Waals surface area (Å²) >= 11 is 1.98. The summed E-state index contributed by atoms with van der Waals surface area (Å²) in [5.41, 5.74) is 0.331. The molecule has 0 fully saturated rings. The zero-order chi connectivity index (χ0) is 11.7. The molecule has 2 heteroatoms. The first-order valence-electron chi connectivity index (χ1n) is 5.73. The van der Waals surface area contributed by atoms with Crippen LogP contribution in [0.15, 0.2) is 12.1 Å². The fraction of sp³-hybridized carbons (Fsp3) is 0.692. The molecule has 0 bridgehead atoms. The van der Waals surface area contributed by atoms with Crippen molar-refractivity contribution in [2.24, 2.45) is 0 Å². The van der Waals surface area contributed by atoms with Gasteiger partial charge >= 0.3 is 0 Å². The van der Waals surface area contributed by atoms with E-state index < -0.39 is 0 Å². The van der Waals surface area contributed by atoms with E-state index in [9.17, 15) is 0 Å². The molecular formula is C13H23PS. The summed E-state index contributed by atoms with van der Waals surface area (Å²) < 4.78 is 0. The molecule has 1 rings (SSSR count). The smallest absolute Gasteiger partial charge is 0.0160 e. The summed E-state index contributed by atoms with van der Waals surface area (Å²) in [5, 5.41) is 0.257. The Kier molecular flexibility index (Phi) is 4.01. The van der Waals surface area contributed by atoms with Crippen LogP contribution in [0.2, 0.25) is 0 Å². The van der Waals surface area contributed by atoms with Crippen molar-refractivity contribution in [3.63, 3.8) is 0 Å². The van der Waals surface area contributed by atoms with Gasteiger partial charge in [-0.15, -0.1) is 20.6 Å². The highest BCUT2D eigenvalue weighted by molar-refractivity contribution is 7.21. The third-order valence-electron chi connectivity index (χ3n) is 3.45. The lowest BCUT2D eigenvalue weighted by Crippen LogP contribution is -2.13. The summed E-state index contributed by atoms with van der Waals surface area (Å²) in [6, 6.07) is 4.61. The highest BCUT2D eigenvalue weighted by atomic mass is 32.1. The molecule has 0 spiro atoms. The molecule has 1 heterocycles. The lowest BCUT2D eigenvalue weighted by Gasteiger charge is -2.23. The topological polar surface area (TPSA) is 0 Å². The second kappa shape index (κ2) is 4.55. The Labute approximate surface area is 101 Å². The van der Waals surface area contributed by atoms with Crippen LogP contribution in [0.1, 0.15) is 57.2 Å². The fourth-order valence-corrected chi connectivity index (χ4v) is 2.94. The van der Waals surface area contributed by atoms with Gasteiger partial charge in [-0.25, -0.2) is 0 Å². The molecule has 2 unspecified atom stereocenters. The normalized spacial score (nSPS) is 16.4. The van der Waals surface area contributed by atoms with E-state index in [1.54, 1.807) is 0 Å². The highest BCUT2D eigenvalue weighted by Crippen LogP contribution is 2.42. The van der Waals surface area contributed by atoms with Gasteiger partial charge in [0.2, 0.25) is 0 Å². The van der Waals surface area contributed by atoms with Gasteiger partial charge in [-0.2, -0.15) is 0 Å². The maximum Gasteiger partial charge on any atom is 0.0160 e. The van der Waals surface area contributed by atoms with Crippen LogP contribution in [0.3, 0.4) is 0 Å². The Balaban J connectivity index is 3.00. The van der Waals surface area contributed by atoms with Crippen molar-refractivity contribution in [2.45, 2.75) is 58.0 Å². The molecule has 0 saturated heterocycles. The van der Waals surface area contributed by atoms with E-state index in [-0.39, 0.29) is 5.16 Å². The first-order chi connectivity index (χ1) is 6.83. The average Bonchev–Trinajstić information content (AvgIpc) is 2.67. The largest absolute Gasteiger partial charge is 0.144 e. The Bertz CT molecular complexity index is 293. The molecule has 0 aromatic carbocycles.